The standard InChI is InChI=1S/C11H16N4O3S/c12-19(17,18)15-9-4-1-3-8(7-9)14-11(16)10-5-2-6-13-10/h1,3-4,7,10,13,15H,2,5-6H2,(H,14,16)(H2,12,17,18)/t10-/m0/s1. The lowest BCUT2D eigenvalue weighted by molar-refractivity contribution is -0.117. The normalized spacial score (nSPS) is 19.1. The fraction of sp³-hybridized carbons (Fsp3) is 0.364. The predicted molar refractivity (Wildman–Crippen MR) is 72.8 cm³/mol. The summed E-state index contributed by atoms with van der Waals surface area (Å²) in [7, 11) is -3.81. The van der Waals surface area contributed by atoms with Crippen molar-refractivity contribution in [1.29, 1.82) is 0 Å². The molecule has 1 aromatic carbocycles. The molecule has 1 aliphatic rings. The highest BCUT2D eigenvalue weighted by Crippen LogP contribution is 2.16. The van der Waals surface area contributed by atoms with Crippen LogP contribution in [0.4, 0.5) is 11.4 Å². The van der Waals surface area contributed by atoms with Gasteiger partial charge in [-0.3, -0.25) is 9.52 Å². The minimum Gasteiger partial charge on any atom is -0.325 e. The lowest BCUT2D eigenvalue weighted by Gasteiger charge is -2.12. The molecule has 2 rings (SSSR count). The number of hydrogen-bond donors (Lipinski definition) is 4. The number of carbonyl (C=O) groups excluding carboxylic acids is 1. The van der Waals surface area contributed by atoms with Gasteiger partial charge < -0.3 is 10.6 Å². The molecule has 8 heteroatoms. The molecule has 1 amide bonds. The van der Waals surface area contributed by atoms with Gasteiger partial charge in [0.2, 0.25) is 5.91 Å². The molecule has 1 aliphatic heterocycles. The Labute approximate surface area is 111 Å². The van der Waals surface area contributed by atoms with E-state index in [1.54, 1.807) is 18.2 Å². The fourth-order valence-electron chi connectivity index (χ4n) is 1.96. The van der Waals surface area contributed by atoms with E-state index in [-0.39, 0.29) is 11.9 Å². The van der Waals surface area contributed by atoms with Crippen molar-refractivity contribution in [1.82, 2.24) is 5.32 Å². The summed E-state index contributed by atoms with van der Waals surface area (Å²) < 4.78 is 24.0. The van der Waals surface area contributed by atoms with E-state index in [9.17, 15) is 13.2 Å². The zero-order valence-electron chi connectivity index (χ0n) is 10.2. The third-order valence-electron chi connectivity index (χ3n) is 2.77. The number of benzene rings is 1. The third-order valence-corrected chi connectivity index (χ3v) is 3.29. The molecule has 0 aliphatic carbocycles. The Morgan fingerprint density at radius 3 is 2.74 bits per heavy atom. The van der Waals surface area contributed by atoms with Gasteiger partial charge >= 0.3 is 0 Å². The van der Waals surface area contributed by atoms with Crippen molar-refractivity contribution in [3.8, 4) is 0 Å². The Morgan fingerprint density at radius 1 is 1.37 bits per heavy atom. The van der Waals surface area contributed by atoms with E-state index in [2.05, 4.69) is 15.4 Å². The largest absolute Gasteiger partial charge is 0.325 e. The Morgan fingerprint density at radius 2 is 2.11 bits per heavy atom. The molecule has 104 valence electrons. The van der Waals surface area contributed by atoms with Crippen molar-refractivity contribution in [3.63, 3.8) is 0 Å². The van der Waals surface area contributed by atoms with Crippen molar-refractivity contribution in [2.45, 2.75) is 18.9 Å². The van der Waals surface area contributed by atoms with Crippen LogP contribution in [0.5, 0.6) is 0 Å². The minimum atomic E-state index is -3.81. The maximum absolute atomic E-state index is 11.9. The summed E-state index contributed by atoms with van der Waals surface area (Å²) in [6.45, 7) is 0.838. The zero-order chi connectivity index (χ0) is 13.9. The molecule has 0 radical (unpaired) electrons. The molecular weight excluding hydrogens is 268 g/mol. The maximum atomic E-state index is 11.9. The van der Waals surface area contributed by atoms with E-state index in [1.165, 1.54) is 6.07 Å². The van der Waals surface area contributed by atoms with Crippen LogP contribution >= 0.6 is 0 Å². The van der Waals surface area contributed by atoms with Crippen LogP contribution in [0.25, 0.3) is 0 Å². The van der Waals surface area contributed by atoms with Gasteiger partial charge in [0, 0.05) is 5.69 Å². The van der Waals surface area contributed by atoms with Gasteiger partial charge in [0.25, 0.3) is 10.2 Å². The van der Waals surface area contributed by atoms with Crippen molar-refractivity contribution in [2.75, 3.05) is 16.6 Å². The monoisotopic (exact) mass is 284 g/mol. The number of rotatable bonds is 4. The van der Waals surface area contributed by atoms with E-state index in [4.69, 9.17) is 5.14 Å². The van der Waals surface area contributed by atoms with Crippen molar-refractivity contribution in [2.24, 2.45) is 5.14 Å². The van der Waals surface area contributed by atoms with Gasteiger partial charge in [0.15, 0.2) is 0 Å². The van der Waals surface area contributed by atoms with Gasteiger partial charge in [-0.2, -0.15) is 8.42 Å². The number of nitrogens with two attached hydrogens (primary N) is 1. The van der Waals surface area contributed by atoms with Crippen LogP contribution in [0.1, 0.15) is 12.8 Å². The van der Waals surface area contributed by atoms with Crippen LogP contribution in [0, 0.1) is 0 Å². The van der Waals surface area contributed by atoms with E-state index in [1.807, 2.05) is 0 Å². The lowest BCUT2D eigenvalue weighted by atomic mass is 10.2. The zero-order valence-corrected chi connectivity index (χ0v) is 11.0. The van der Waals surface area contributed by atoms with Crippen LogP contribution in [0.3, 0.4) is 0 Å². The summed E-state index contributed by atoms with van der Waals surface area (Å²) in [6.07, 6.45) is 1.78. The van der Waals surface area contributed by atoms with Crippen molar-refractivity contribution >= 4 is 27.5 Å². The molecule has 1 fully saturated rings. The maximum Gasteiger partial charge on any atom is 0.296 e. The second-order valence-electron chi connectivity index (χ2n) is 4.37. The molecule has 1 atom stereocenters. The topological polar surface area (TPSA) is 113 Å². The minimum absolute atomic E-state index is 0.120. The van der Waals surface area contributed by atoms with E-state index in [0.717, 1.165) is 19.4 Å². The molecular formula is C11H16N4O3S. The average molecular weight is 284 g/mol. The predicted octanol–water partition coefficient (Wildman–Crippen LogP) is -0.00750. The summed E-state index contributed by atoms with van der Waals surface area (Å²) in [5, 5.41) is 10.7. The van der Waals surface area contributed by atoms with Gasteiger partial charge in [-0.05, 0) is 37.6 Å². The first-order valence-corrected chi connectivity index (χ1v) is 7.43. The fourth-order valence-corrected chi connectivity index (χ4v) is 2.42. The highest BCUT2D eigenvalue weighted by Gasteiger charge is 2.21. The average Bonchev–Trinajstić information content (AvgIpc) is 2.80. The first-order valence-electron chi connectivity index (χ1n) is 5.89. The lowest BCUT2D eigenvalue weighted by Crippen LogP contribution is -2.35. The number of nitrogens with one attached hydrogen (secondary N) is 3. The van der Waals surface area contributed by atoms with Crippen molar-refractivity contribution < 1.29 is 13.2 Å². The molecule has 0 spiro atoms. The molecule has 0 unspecified atom stereocenters. The number of carbonyl (C=O) groups is 1. The van der Waals surface area contributed by atoms with Crippen molar-refractivity contribution in [3.05, 3.63) is 24.3 Å². The van der Waals surface area contributed by atoms with Crippen LogP contribution in [-0.2, 0) is 15.0 Å². The van der Waals surface area contributed by atoms with Crippen LogP contribution in [0.15, 0.2) is 24.3 Å². The smallest absolute Gasteiger partial charge is 0.296 e. The number of anilines is 2. The summed E-state index contributed by atoms with van der Waals surface area (Å²) in [5.74, 6) is -0.120. The molecule has 0 saturated carbocycles. The summed E-state index contributed by atoms with van der Waals surface area (Å²) >= 11 is 0. The second kappa shape index (κ2) is 5.55. The molecule has 19 heavy (non-hydrogen) atoms. The van der Waals surface area contributed by atoms with Gasteiger partial charge in [-0.25, -0.2) is 5.14 Å². The van der Waals surface area contributed by atoms with E-state index >= 15 is 0 Å². The van der Waals surface area contributed by atoms with Gasteiger partial charge in [-0.1, -0.05) is 6.07 Å². The van der Waals surface area contributed by atoms with Gasteiger partial charge in [0.05, 0.1) is 11.7 Å². The van der Waals surface area contributed by atoms with Crippen LogP contribution in [0.2, 0.25) is 0 Å². The molecule has 5 N–H and O–H groups in total. The molecule has 1 saturated heterocycles. The van der Waals surface area contributed by atoms with Gasteiger partial charge in [-0.15, -0.1) is 0 Å². The molecule has 1 heterocycles. The molecule has 7 nitrogen and oxygen atoms in total. The molecule has 0 bridgehead atoms. The third kappa shape index (κ3) is 4.19. The van der Waals surface area contributed by atoms with E-state index < -0.39 is 10.2 Å². The summed E-state index contributed by atoms with van der Waals surface area (Å²) in [4.78, 5) is 11.9. The van der Waals surface area contributed by atoms with Gasteiger partial charge in [0.1, 0.15) is 0 Å². The van der Waals surface area contributed by atoms with E-state index in [0.29, 0.717) is 11.4 Å². The Hall–Kier alpha value is -1.64. The Kier molecular flexibility index (Phi) is 4.03. The number of amides is 1. The second-order valence-corrected chi connectivity index (χ2v) is 5.66. The highest BCUT2D eigenvalue weighted by molar-refractivity contribution is 7.90. The van der Waals surface area contributed by atoms with Crippen LogP contribution in [-0.4, -0.2) is 26.9 Å². The van der Waals surface area contributed by atoms with Crippen LogP contribution < -0.4 is 20.5 Å². The highest BCUT2D eigenvalue weighted by atomic mass is 32.2. The summed E-state index contributed by atoms with van der Waals surface area (Å²) in [5.41, 5.74) is 0.826. The Bertz CT molecular complexity index is 567. The first kappa shape index (κ1) is 13.8. The SMILES string of the molecule is NS(=O)(=O)Nc1cccc(NC(=O)[C@@H]2CCCN2)c1. The summed E-state index contributed by atoms with van der Waals surface area (Å²) in [6, 6.07) is 6.19. The number of hydrogen-bond acceptors (Lipinski definition) is 4. The first-order chi connectivity index (χ1) is 8.94. The molecule has 1 aromatic rings. The Balaban J connectivity index is 2.04. The quantitative estimate of drug-likeness (QED) is 0.623. The molecule has 0 aromatic heterocycles.